The SMILES string of the molecule is CCCCNC(=O)[C@H](OC(C)=O)[C@H](OC(C)=O)[C@@H](CBr)OC(C)=O. The van der Waals surface area contributed by atoms with Gasteiger partial charge in [-0.3, -0.25) is 19.2 Å². The molecule has 0 saturated carbocycles. The molecule has 24 heavy (non-hydrogen) atoms. The number of carbonyl (C=O) groups is 4. The summed E-state index contributed by atoms with van der Waals surface area (Å²) < 4.78 is 15.2. The van der Waals surface area contributed by atoms with Gasteiger partial charge < -0.3 is 19.5 Å². The maximum atomic E-state index is 12.3. The lowest BCUT2D eigenvalue weighted by Gasteiger charge is -2.30. The largest absolute Gasteiger partial charge is 0.458 e. The van der Waals surface area contributed by atoms with Crippen molar-refractivity contribution in [3.63, 3.8) is 0 Å². The molecule has 0 bridgehead atoms. The summed E-state index contributed by atoms with van der Waals surface area (Å²) in [6.07, 6.45) is -2.08. The van der Waals surface area contributed by atoms with Gasteiger partial charge in [0.1, 0.15) is 0 Å². The van der Waals surface area contributed by atoms with Gasteiger partial charge in [0.2, 0.25) is 6.10 Å². The monoisotopic (exact) mass is 409 g/mol. The van der Waals surface area contributed by atoms with Crippen molar-refractivity contribution >= 4 is 39.7 Å². The van der Waals surface area contributed by atoms with E-state index in [1.807, 2.05) is 6.92 Å². The maximum absolute atomic E-state index is 12.3. The van der Waals surface area contributed by atoms with E-state index in [0.717, 1.165) is 26.7 Å². The summed E-state index contributed by atoms with van der Waals surface area (Å²) in [5.74, 6) is -2.66. The van der Waals surface area contributed by atoms with E-state index >= 15 is 0 Å². The number of halogens is 1. The van der Waals surface area contributed by atoms with Gasteiger partial charge in [0.25, 0.3) is 5.91 Å². The molecule has 0 fully saturated rings. The summed E-state index contributed by atoms with van der Waals surface area (Å²) in [7, 11) is 0. The van der Waals surface area contributed by atoms with E-state index in [2.05, 4.69) is 21.2 Å². The van der Waals surface area contributed by atoms with Crippen molar-refractivity contribution in [3.8, 4) is 0 Å². The van der Waals surface area contributed by atoms with Crippen LogP contribution in [0.1, 0.15) is 40.5 Å². The highest BCUT2D eigenvalue weighted by molar-refractivity contribution is 9.09. The van der Waals surface area contributed by atoms with Crippen LogP contribution in [0, 0.1) is 0 Å². The number of ether oxygens (including phenoxy) is 3. The van der Waals surface area contributed by atoms with Crippen LogP contribution >= 0.6 is 15.9 Å². The lowest BCUT2D eigenvalue weighted by Crippen LogP contribution is -2.53. The Hall–Kier alpha value is -1.64. The van der Waals surface area contributed by atoms with E-state index in [4.69, 9.17) is 14.2 Å². The Balaban J connectivity index is 5.44. The first kappa shape index (κ1) is 22.4. The third kappa shape index (κ3) is 8.85. The minimum absolute atomic E-state index is 0.0878. The molecule has 0 rings (SSSR count). The van der Waals surface area contributed by atoms with Crippen molar-refractivity contribution in [2.45, 2.75) is 58.8 Å². The number of alkyl halides is 1. The summed E-state index contributed by atoms with van der Waals surface area (Å²) in [5.41, 5.74) is 0. The van der Waals surface area contributed by atoms with Crippen LogP contribution in [0.2, 0.25) is 0 Å². The first-order valence-corrected chi connectivity index (χ1v) is 8.70. The number of unbranched alkanes of at least 4 members (excludes halogenated alkanes) is 1. The van der Waals surface area contributed by atoms with Crippen LogP contribution in [-0.2, 0) is 33.4 Å². The zero-order valence-corrected chi connectivity index (χ0v) is 15.9. The highest BCUT2D eigenvalue weighted by Crippen LogP contribution is 2.16. The molecule has 1 amide bonds. The van der Waals surface area contributed by atoms with E-state index in [-0.39, 0.29) is 5.33 Å². The summed E-state index contributed by atoms with van der Waals surface area (Å²) in [6, 6.07) is 0. The van der Waals surface area contributed by atoms with Crippen molar-refractivity contribution in [2.75, 3.05) is 11.9 Å². The molecular formula is C15H24BrNO7. The fourth-order valence-electron chi connectivity index (χ4n) is 1.86. The molecule has 9 heteroatoms. The van der Waals surface area contributed by atoms with Gasteiger partial charge in [-0.1, -0.05) is 29.3 Å². The summed E-state index contributed by atoms with van der Waals surface area (Å²) in [6.45, 7) is 5.80. The average Bonchev–Trinajstić information content (AvgIpc) is 2.47. The minimum Gasteiger partial charge on any atom is -0.458 e. The standard InChI is InChI=1S/C15H24BrNO7/c1-5-6-7-17-15(21)14(24-11(4)20)13(23-10(3)19)12(8-16)22-9(2)18/h12-14H,5-8H2,1-4H3,(H,17,21)/t12-,13-,14-/m1/s1. The molecule has 1 N–H and O–H groups in total. The fraction of sp³-hybridized carbons (Fsp3) is 0.733. The van der Waals surface area contributed by atoms with Crippen molar-refractivity contribution in [1.82, 2.24) is 5.32 Å². The highest BCUT2D eigenvalue weighted by atomic mass is 79.9. The van der Waals surface area contributed by atoms with Crippen LogP contribution in [0.15, 0.2) is 0 Å². The molecular weight excluding hydrogens is 386 g/mol. The van der Waals surface area contributed by atoms with E-state index in [1.54, 1.807) is 0 Å². The zero-order chi connectivity index (χ0) is 18.7. The topological polar surface area (TPSA) is 108 Å². The van der Waals surface area contributed by atoms with Gasteiger partial charge in [0, 0.05) is 32.6 Å². The number of carbonyl (C=O) groups excluding carboxylic acids is 4. The van der Waals surface area contributed by atoms with Crippen LogP contribution in [0.4, 0.5) is 0 Å². The van der Waals surface area contributed by atoms with Gasteiger partial charge in [-0.2, -0.15) is 0 Å². The normalized spacial score (nSPS) is 14.0. The van der Waals surface area contributed by atoms with E-state index < -0.39 is 42.1 Å². The Bertz CT molecular complexity index is 455. The van der Waals surface area contributed by atoms with Gasteiger partial charge >= 0.3 is 17.9 Å². The lowest BCUT2D eigenvalue weighted by atomic mass is 10.1. The Labute approximate surface area is 149 Å². The number of nitrogens with one attached hydrogen (secondary N) is 1. The molecule has 0 aromatic heterocycles. The molecule has 0 aliphatic heterocycles. The summed E-state index contributed by atoms with van der Waals surface area (Å²) in [4.78, 5) is 46.3. The minimum atomic E-state index is -1.43. The third-order valence-corrected chi connectivity index (χ3v) is 3.46. The van der Waals surface area contributed by atoms with Crippen molar-refractivity contribution in [2.24, 2.45) is 0 Å². The van der Waals surface area contributed by atoms with Crippen LogP contribution in [0.3, 0.4) is 0 Å². The van der Waals surface area contributed by atoms with Crippen molar-refractivity contribution in [3.05, 3.63) is 0 Å². The second-order valence-electron chi connectivity index (χ2n) is 5.05. The fourth-order valence-corrected chi connectivity index (χ4v) is 2.36. The van der Waals surface area contributed by atoms with E-state index in [9.17, 15) is 19.2 Å². The van der Waals surface area contributed by atoms with Gasteiger partial charge in [0.05, 0.1) is 0 Å². The van der Waals surface area contributed by atoms with Crippen LogP contribution in [0.5, 0.6) is 0 Å². The summed E-state index contributed by atoms with van der Waals surface area (Å²) in [5, 5.41) is 2.70. The lowest BCUT2D eigenvalue weighted by molar-refractivity contribution is -0.184. The number of hydrogen-bond donors (Lipinski definition) is 1. The molecule has 3 atom stereocenters. The van der Waals surface area contributed by atoms with Gasteiger partial charge in [0.15, 0.2) is 12.2 Å². The number of amides is 1. The first-order chi connectivity index (χ1) is 11.2. The van der Waals surface area contributed by atoms with Gasteiger partial charge in [-0.05, 0) is 6.42 Å². The molecule has 0 radical (unpaired) electrons. The third-order valence-electron chi connectivity index (χ3n) is 2.82. The average molecular weight is 410 g/mol. The Morgan fingerprint density at radius 3 is 1.92 bits per heavy atom. The number of esters is 3. The van der Waals surface area contributed by atoms with E-state index in [1.165, 1.54) is 6.92 Å². The highest BCUT2D eigenvalue weighted by Gasteiger charge is 2.40. The number of rotatable bonds is 10. The van der Waals surface area contributed by atoms with Crippen LogP contribution in [0.25, 0.3) is 0 Å². The second kappa shape index (κ2) is 11.8. The first-order valence-electron chi connectivity index (χ1n) is 7.58. The van der Waals surface area contributed by atoms with Gasteiger partial charge in [-0.25, -0.2) is 0 Å². The van der Waals surface area contributed by atoms with Crippen molar-refractivity contribution < 1.29 is 33.4 Å². The maximum Gasteiger partial charge on any atom is 0.303 e. The summed E-state index contributed by atoms with van der Waals surface area (Å²) >= 11 is 3.14. The molecule has 8 nitrogen and oxygen atoms in total. The second-order valence-corrected chi connectivity index (χ2v) is 5.70. The Morgan fingerprint density at radius 1 is 0.958 bits per heavy atom. The molecule has 0 saturated heterocycles. The smallest absolute Gasteiger partial charge is 0.303 e. The van der Waals surface area contributed by atoms with Crippen LogP contribution < -0.4 is 5.32 Å². The zero-order valence-electron chi connectivity index (χ0n) is 14.3. The van der Waals surface area contributed by atoms with E-state index in [0.29, 0.717) is 6.54 Å². The molecule has 0 unspecified atom stereocenters. The number of hydrogen-bond acceptors (Lipinski definition) is 7. The predicted molar refractivity (Wildman–Crippen MR) is 88.4 cm³/mol. The quantitative estimate of drug-likeness (QED) is 0.249. The van der Waals surface area contributed by atoms with Crippen molar-refractivity contribution in [1.29, 1.82) is 0 Å². The van der Waals surface area contributed by atoms with Crippen LogP contribution in [-0.4, -0.2) is 54.0 Å². The molecule has 0 aromatic rings. The predicted octanol–water partition coefficient (Wildman–Crippen LogP) is 1.09. The van der Waals surface area contributed by atoms with Gasteiger partial charge in [-0.15, -0.1) is 0 Å². The molecule has 0 aliphatic rings. The molecule has 0 aliphatic carbocycles. The molecule has 138 valence electrons. The molecule has 0 spiro atoms. The molecule has 0 heterocycles. The Kier molecular flexibility index (Phi) is 11.0. The Morgan fingerprint density at radius 2 is 1.50 bits per heavy atom. The molecule has 0 aromatic carbocycles.